The van der Waals surface area contributed by atoms with E-state index in [9.17, 15) is 9.59 Å². The van der Waals surface area contributed by atoms with E-state index < -0.39 is 0 Å². The molecular weight excluding hydrogens is 382 g/mol. The maximum atomic E-state index is 12.5. The topological polar surface area (TPSA) is 77.6 Å². The zero-order valence-corrected chi connectivity index (χ0v) is 17.5. The van der Waals surface area contributed by atoms with Crippen molar-refractivity contribution in [2.24, 2.45) is 0 Å². The first-order valence-corrected chi connectivity index (χ1v) is 10.4. The first-order chi connectivity index (χ1) is 14.4. The summed E-state index contributed by atoms with van der Waals surface area (Å²) >= 11 is 0. The molecule has 3 heterocycles. The predicted octanol–water partition coefficient (Wildman–Crippen LogP) is 2.87. The molecular formula is C23H25N3O4. The molecule has 1 saturated heterocycles. The smallest absolute Gasteiger partial charge is 0.339 e. The van der Waals surface area contributed by atoms with Crippen LogP contribution in [0.3, 0.4) is 0 Å². The fraction of sp³-hybridized carbons (Fsp3) is 0.435. The molecule has 1 fully saturated rings. The van der Waals surface area contributed by atoms with Crippen LogP contribution in [0.2, 0.25) is 0 Å². The lowest BCUT2D eigenvalue weighted by atomic mass is 10.0. The number of hydrogen-bond donors (Lipinski definition) is 0. The quantitative estimate of drug-likeness (QED) is 0.622. The monoisotopic (exact) mass is 407 g/mol. The van der Waals surface area contributed by atoms with Gasteiger partial charge in [0.15, 0.2) is 6.61 Å². The minimum atomic E-state index is -0.248. The molecule has 7 heteroatoms. The Balaban J connectivity index is 1.27. The molecule has 0 radical (unpaired) electrons. The van der Waals surface area contributed by atoms with Gasteiger partial charge in [-0.3, -0.25) is 9.48 Å². The SMILES string of the molecule is Cc1cc(C)n(C2CN(C(=O)COc3ccc4c5c(c(=O)oc4c3C)CCC5)C2)n1. The Hall–Kier alpha value is -3.09. The molecule has 2 aromatic heterocycles. The molecule has 1 aromatic carbocycles. The maximum Gasteiger partial charge on any atom is 0.339 e. The molecule has 0 N–H and O–H groups in total. The highest BCUT2D eigenvalue weighted by atomic mass is 16.5. The molecule has 0 spiro atoms. The summed E-state index contributed by atoms with van der Waals surface area (Å²) in [6.07, 6.45) is 2.67. The molecule has 1 aliphatic carbocycles. The van der Waals surface area contributed by atoms with Gasteiger partial charge < -0.3 is 14.1 Å². The molecule has 156 valence electrons. The summed E-state index contributed by atoms with van der Waals surface area (Å²) in [5.74, 6) is 0.523. The number of amides is 1. The Morgan fingerprint density at radius 2 is 1.97 bits per heavy atom. The molecule has 0 bridgehead atoms. The Labute approximate surface area is 174 Å². The third-order valence-corrected chi connectivity index (χ3v) is 6.30. The minimum absolute atomic E-state index is 0.0364. The second-order valence-corrected chi connectivity index (χ2v) is 8.38. The molecule has 0 unspecified atom stereocenters. The van der Waals surface area contributed by atoms with Crippen LogP contribution < -0.4 is 10.4 Å². The predicted molar refractivity (Wildman–Crippen MR) is 112 cm³/mol. The molecule has 0 saturated carbocycles. The highest BCUT2D eigenvalue weighted by molar-refractivity contribution is 5.86. The Morgan fingerprint density at radius 3 is 2.70 bits per heavy atom. The van der Waals surface area contributed by atoms with Gasteiger partial charge in [-0.15, -0.1) is 0 Å². The van der Waals surface area contributed by atoms with Gasteiger partial charge in [-0.1, -0.05) is 0 Å². The van der Waals surface area contributed by atoms with E-state index in [1.165, 1.54) is 0 Å². The van der Waals surface area contributed by atoms with Gasteiger partial charge in [0.05, 0.1) is 11.7 Å². The van der Waals surface area contributed by atoms with Crippen molar-refractivity contribution in [2.45, 2.75) is 46.1 Å². The fourth-order valence-electron chi connectivity index (χ4n) is 4.68. The number of rotatable bonds is 4. The van der Waals surface area contributed by atoms with Crippen LogP contribution in [0.25, 0.3) is 11.0 Å². The van der Waals surface area contributed by atoms with E-state index in [4.69, 9.17) is 9.15 Å². The van der Waals surface area contributed by atoms with Crippen LogP contribution in [0.1, 0.15) is 40.5 Å². The molecule has 0 atom stereocenters. The molecule has 7 nitrogen and oxygen atoms in total. The second-order valence-electron chi connectivity index (χ2n) is 8.38. The van der Waals surface area contributed by atoms with Gasteiger partial charge in [0, 0.05) is 35.3 Å². The lowest BCUT2D eigenvalue weighted by Gasteiger charge is -2.39. The van der Waals surface area contributed by atoms with Crippen molar-refractivity contribution >= 4 is 16.9 Å². The summed E-state index contributed by atoms with van der Waals surface area (Å²) in [5.41, 5.74) is 5.09. The van der Waals surface area contributed by atoms with Gasteiger partial charge in [0.25, 0.3) is 5.91 Å². The summed E-state index contributed by atoms with van der Waals surface area (Å²) in [6, 6.07) is 6.08. The summed E-state index contributed by atoms with van der Waals surface area (Å²) in [7, 11) is 0. The average molecular weight is 407 g/mol. The molecule has 30 heavy (non-hydrogen) atoms. The molecule has 5 rings (SSSR count). The second kappa shape index (κ2) is 7.00. The standard InChI is InChI=1S/C23H25N3O4/c1-13-9-14(2)26(24-13)16-10-25(11-16)21(27)12-29-20-8-7-18-17-5-4-6-19(17)23(28)30-22(18)15(20)3/h7-9,16H,4-6,10-12H2,1-3H3. The van der Waals surface area contributed by atoms with Crippen LogP contribution in [-0.4, -0.2) is 40.3 Å². The number of nitrogens with zero attached hydrogens (tertiary/aromatic N) is 3. The van der Waals surface area contributed by atoms with E-state index in [1.807, 2.05) is 43.7 Å². The summed E-state index contributed by atoms with van der Waals surface area (Å²) < 4.78 is 13.4. The van der Waals surface area contributed by atoms with Crippen LogP contribution in [-0.2, 0) is 17.6 Å². The van der Waals surface area contributed by atoms with Crippen LogP contribution in [0.5, 0.6) is 5.75 Å². The fourth-order valence-corrected chi connectivity index (χ4v) is 4.68. The van der Waals surface area contributed by atoms with Crippen LogP contribution in [0, 0.1) is 20.8 Å². The minimum Gasteiger partial charge on any atom is -0.483 e. The number of hydrogen-bond acceptors (Lipinski definition) is 5. The number of benzene rings is 1. The lowest BCUT2D eigenvalue weighted by Crippen LogP contribution is -2.52. The summed E-state index contributed by atoms with van der Waals surface area (Å²) in [6.45, 7) is 7.12. The van der Waals surface area contributed by atoms with Crippen molar-refractivity contribution in [3.63, 3.8) is 0 Å². The van der Waals surface area contributed by atoms with Crippen molar-refractivity contribution < 1.29 is 13.9 Å². The van der Waals surface area contributed by atoms with E-state index >= 15 is 0 Å². The van der Waals surface area contributed by atoms with Gasteiger partial charge in [0.1, 0.15) is 11.3 Å². The van der Waals surface area contributed by atoms with Gasteiger partial charge in [-0.25, -0.2) is 4.79 Å². The van der Waals surface area contributed by atoms with Crippen LogP contribution in [0.15, 0.2) is 27.4 Å². The number of aromatic nitrogens is 2. The van der Waals surface area contributed by atoms with E-state index in [0.717, 1.165) is 52.7 Å². The third kappa shape index (κ3) is 3.00. The number of aryl methyl sites for hydroxylation is 4. The Morgan fingerprint density at radius 1 is 1.20 bits per heavy atom. The molecule has 2 aliphatic rings. The van der Waals surface area contributed by atoms with Crippen molar-refractivity contribution in [3.8, 4) is 5.75 Å². The van der Waals surface area contributed by atoms with E-state index in [0.29, 0.717) is 24.4 Å². The Bertz CT molecular complexity index is 1220. The van der Waals surface area contributed by atoms with E-state index in [-0.39, 0.29) is 24.2 Å². The van der Waals surface area contributed by atoms with Gasteiger partial charge in [-0.05, 0) is 63.8 Å². The zero-order chi connectivity index (χ0) is 21.0. The lowest BCUT2D eigenvalue weighted by molar-refractivity contribution is -0.139. The van der Waals surface area contributed by atoms with Crippen LogP contribution >= 0.6 is 0 Å². The number of fused-ring (bicyclic) bond motifs is 3. The number of carbonyl (C=O) groups is 1. The number of ether oxygens (including phenoxy) is 1. The zero-order valence-electron chi connectivity index (χ0n) is 17.5. The van der Waals surface area contributed by atoms with Crippen molar-refractivity contribution in [2.75, 3.05) is 19.7 Å². The molecule has 1 aliphatic heterocycles. The largest absolute Gasteiger partial charge is 0.483 e. The maximum absolute atomic E-state index is 12.5. The highest BCUT2D eigenvalue weighted by Gasteiger charge is 2.33. The first kappa shape index (κ1) is 18.9. The summed E-state index contributed by atoms with van der Waals surface area (Å²) in [5, 5.41) is 5.48. The van der Waals surface area contributed by atoms with Gasteiger partial charge in [-0.2, -0.15) is 5.10 Å². The molecule has 1 amide bonds. The highest BCUT2D eigenvalue weighted by Crippen LogP contribution is 2.33. The van der Waals surface area contributed by atoms with Crippen LogP contribution in [0.4, 0.5) is 0 Å². The number of likely N-dealkylation sites (tertiary alicyclic amines) is 1. The van der Waals surface area contributed by atoms with E-state index in [2.05, 4.69) is 5.10 Å². The van der Waals surface area contributed by atoms with Crippen molar-refractivity contribution in [1.82, 2.24) is 14.7 Å². The summed E-state index contributed by atoms with van der Waals surface area (Å²) in [4.78, 5) is 26.6. The van der Waals surface area contributed by atoms with Crippen molar-refractivity contribution in [1.29, 1.82) is 0 Å². The van der Waals surface area contributed by atoms with E-state index in [1.54, 1.807) is 4.90 Å². The first-order valence-electron chi connectivity index (χ1n) is 10.4. The normalized spacial score (nSPS) is 16.0. The van der Waals surface area contributed by atoms with Gasteiger partial charge in [0.2, 0.25) is 0 Å². The number of carbonyl (C=O) groups excluding carboxylic acids is 1. The molecule has 3 aromatic rings. The van der Waals surface area contributed by atoms with Crippen molar-refractivity contribution in [3.05, 3.63) is 56.7 Å². The average Bonchev–Trinajstić information content (AvgIpc) is 3.28. The third-order valence-electron chi connectivity index (χ3n) is 6.30. The Kier molecular flexibility index (Phi) is 4.41. The van der Waals surface area contributed by atoms with Gasteiger partial charge >= 0.3 is 5.63 Å².